The molecule has 0 aliphatic carbocycles. The van der Waals surface area contributed by atoms with Gasteiger partial charge in [-0.1, -0.05) is 30.3 Å². The minimum atomic E-state index is -0.309. The molecular weight excluding hydrogens is 334 g/mol. The molecule has 0 saturated carbocycles. The number of nitrogens with zero attached hydrogens (tertiary/aromatic N) is 4. The number of hydrogen-bond donors (Lipinski definition) is 1. The van der Waals surface area contributed by atoms with Gasteiger partial charge >= 0.3 is 6.03 Å². The minimum Gasteiger partial charge on any atom is -0.318 e. The molecule has 1 saturated heterocycles. The van der Waals surface area contributed by atoms with Crippen molar-refractivity contribution in [3.05, 3.63) is 48.2 Å². The van der Waals surface area contributed by atoms with Crippen molar-refractivity contribution >= 4 is 23.7 Å². The van der Waals surface area contributed by atoms with Gasteiger partial charge in [-0.15, -0.1) is 0 Å². The molecule has 0 radical (unpaired) electrons. The summed E-state index contributed by atoms with van der Waals surface area (Å²) in [6.45, 7) is 0.912. The minimum absolute atomic E-state index is 0.101. The van der Waals surface area contributed by atoms with Gasteiger partial charge in [0.25, 0.3) is 0 Å². The normalized spacial score (nSPS) is 14.2. The highest BCUT2D eigenvalue weighted by atomic mass is 16.2. The molecule has 0 bridgehead atoms. The van der Waals surface area contributed by atoms with E-state index in [2.05, 4.69) is 10.4 Å². The van der Waals surface area contributed by atoms with Crippen LogP contribution in [0, 0.1) is 0 Å². The van der Waals surface area contributed by atoms with Crippen LogP contribution in [0.15, 0.2) is 42.6 Å². The topological polar surface area (TPSA) is 87.5 Å². The van der Waals surface area contributed by atoms with E-state index in [0.717, 1.165) is 5.56 Å². The monoisotopic (exact) mass is 355 g/mol. The van der Waals surface area contributed by atoms with Crippen molar-refractivity contribution in [2.24, 2.45) is 0 Å². The van der Waals surface area contributed by atoms with Crippen molar-refractivity contribution < 1.29 is 14.4 Å². The lowest BCUT2D eigenvalue weighted by molar-refractivity contribution is -0.125. The number of aromatic nitrogens is 2. The Morgan fingerprint density at radius 1 is 1.19 bits per heavy atom. The van der Waals surface area contributed by atoms with Gasteiger partial charge in [-0.05, 0) is 12.0 Å². The fourth-order valence-electron chi connectivity index (χ4n) is 2.81. The quantitative estimate of drug-likeness (QED) is 0.763. The number of likely N-dealkylation sites (N-methyl/N-ethyl adjacent to an activating group) is 1. The molecule has 26 heavy (non-hydrogen) atoms. The molecule has 3 rings (SSSR count). The molecule has 0 unspecified atom stereocenters. The van der Waals surface area contributed by atoms with E-state index in [0.29, 0.717) is 18.8 Å². The van der Waals surface area contributed by atoms with Crippen LogP contribution in [0.25, 0.3) is 0 Å². The molecule has 8 nitrogen and oxygen atoms in total. The van der Waals surface area contributed by atoms with Crippen LogP contribution in [0.5, 0.6) is 0 Å². The number of hydrogen-bond acceptors (Lipinski definition) is 4. The van der Waals surface area contributed by atoms with E-state index >= 15 is 0 Å². The summed E-state index contributed by atoms with van der Waals surface area (Å²) in [7, 11) is 1.58. The summed E-state index contributed by atoms with van der Waals surface area (Å²) in [6.07, 6.45) is 2.28. The molecule has 1 aromatic heterocycles. The van der Waals surface area contributed by atoms with E-state index in [4.69, 9.17) is 0 Å². The number of nitrogens with one attached hydrogen (secondary N) is 1. The first kappa shape index (κ1) is 17.7. The summed E-state index contributed by atoms with van der Waals surface area (Å²) in [6, 6.07) is 11.3. The van der Waals surface area contributed by atoms with Crippen LogP contribution in [0.2, 0.25) is 0 Å². The third kappa shape index (κ3) is 4.08. The number of carbonyl (C=O) groups excluding carboxylic acids is 3. The Bertz CT molecular complexity index is 802. The standard InChI is InChI=1S/C18H21N5O3/c1-21-13-17(25)22(18(21)26)11-5-8-16(24)20-15-9-10-19-23(15)12-14-6-3-2-4-7-14/h2-4,6-7,9-10H,5,8,11-13H2,1H3,(H,20,24). The van der Waals surface area contributed by atoms with Crippen LogP contribution in [0.3, 0.4) is 0 Å². The van der Waals surface area contributed by atoms with Crippen molar-refractivity contribution in [1.82, 2.24) is 19.6 Å². The molecule has 0 atom stereocenters. The molecule has 4 amide bonds. The molecule has 1 N–H and O–H groups in total. The fourth-order valence-corrected chi connectivity index (χ4v) is 2.81. The Hall–Kier alpha value is -3.16. The molecule has 1 aliphatic heterocycles. The third-order valence-corrected chi connectivity index (χ3v) is 4.18. The van der Waals surface area contributed by atoms with Crippen LogP contribution in [0.1, 0.15) is 18.4 Å². The SMILES string of the molecule is CN1CC(=O)N(CCCC(=O)Nc2ccnn2Cc2ccccc2)C1=O. The van der Waals surface area contributed by atoms with Crippen LogP contribution in [-0.4, -0.2) is 57.6 Å². The first-order valence-corrected chi connectivity index (χ1v) is 8.45. The van der Waals surface area contributed by atoms with Gasteiger partial charge in [-0.25, -0.2) is 9.48 Å². The van der Waals surface area contributed by atoms with Crippen LogP contribution in [0.4, 0.5) is 10.6 Å². The summed E-state index contributed by atoms with van der Waals surface area (Å²) in [4.78, 5) is 38.2. The highest BCUT2D eigenvalue weighted by Crippen LogP contribution is 2.12. The second-order valence-corrected chi connectivity index (χ2v) is 6.20. The number of rotatable bonds is 7. The maximum atomic E-state index is 12.2. The van der Waals surface area contributed by atoms with Gasteiger partial charge in [-0.2, -0.15) is 5.10 Å². The van der Waals surface area contributed by atoms with Gasteiger partial charge in [-0.3, -0.25) is 14.5 Å². The number of anilines is 1. The lowest BCUT2D eigenvalue weighted by Crippen LogP contribution is -2.33. The van der Waals surface area contributed by atoms with Crippen molar-refractivity contribution in [3.8, 4) is 0 Å². The zero-order chi connectivity index (χ0) is 18.5. The largest absolute Gasteiger partial charge is 0.326 e. The maximum Gasteiger partial charge on any atom is 0.326 e. The van der Waals surface area contributed by atoms with E-state index < -0.39 is 0 Å². The van der Waals surface area contributed by atoms with Crippen LogP contribution < -0.4 is 5.32 Å². The summed E-state index contributed by atoms with van der Waals surface area (Å²) in [5.74, 6) is 0.220. The number of benzene rings is 1. The Balaban J connectivity index is 1.49. The average Bonchev–Trinajstić information content (AvgIpc) is 3.14. The Morgan fingerprint density at radius 2 is 1.96 bits per heavy atom. The first-order valence-electron chi connectivity index (χ1n) is 8.45. The van der Waals surface area contributed by atoms with E-state index in [9.17, 15) is 14.4 Å². The number of imide groups is 1. The van der Waals surface area contributed by atoms with Gasteiger partial charge in [0.05, 0.1) is 12.7 Å². The van der Waals surface area contributed by atoms with Crippen LogP contribution >= 0.6 is 0 Å². The summed E-state index contributed by atoms with van der Waals surface area (Å²) >= 11 is 0. The Morgan fingerprint density at radius 3 is 2.65 bits per heavy atom. The predicted molar refractivity (Wildman–Crippen MR) is 95.4 cm³/mol. The molecule has 136 valence electrons. The molecule has 1 aromatic carbocycles. The van der Waals surface area contributed by atoms with Crippen molar-refractivity contribution in [2.45, 2.75) is 19.4 Å². The lowest BCUT2D eigenvalue weighted by Gasteiger charge is -2.14. The molecule has 2 aromatic rings. The Kier molecular flexibility index (Phi) is 5.31. The second kappa shape index (κ2) is 7.81. The first-order chi connectivity index (χ1) is 12.5. The fraction of sp³-hybridized carbons (Fsp3) is 0.333. The lowest BCUT2D eigenvalue weighted by atomic mass is 10.2. The van der Waals surface area contributed by atoms with Crippen molar-refractivity contribution in [1.29, 1.82) is 0 Å². The number of carbonyl (C=O) groups is 3. The van der Waals surface area contributed by atoms with Gasteiger partial charge in [0.1, 0.15) is 12.4 Å². The smallest absolute Gasteiger partial charge is 0.318 e. The van der Waals surface area contributed by atoms with E-state index in [1.165, 1.54) is 9.80 Å². The molecule has 8 heteroatoms. The van der Waals surface area contributed by atoms with Gasteiger partial charge < -0.3 is 10.2 Å². The highest BCUT2D eigenvalue weighted by Gasteiger charge is 2.32. The predicted octanol–water partition coefficient (Wildman–Crippen LogP) is 1.54. The molecule has 2 heterocycles. The molecule has 1 aliphatic rings. The zero-order valence-electron chi connectivity index (χ0n) is 14.6. The van der Waals surface area contributed by atoms with E-state index in [1.54, 1.807) is 24.0 Å². The van der Waals surface area contributed by atoms with Gasteiger partial charge in [0, 0.05) is 26.1 Å². The number of urea groups is 1. The summed E-state index contributed by atoms with van der Waals surface area (Å²) in [5.41, 5.74) is 1.09. The summed E-state index contributed by atoms with van der Waals surface area (Å²) in [5, 5.41) is 7.07. The molecular formula is C18H21N5O3. The Labute approximate surface area is 151 Å². The van der Waals surface area contributed by atoms with Crippen molar-refractivity contribution in [3.63, 3.8) is 0 Å². The molecule has 1 fully saturated rings. The average molecular weight is 355 g/mol. The van der Waals surface area contributed by atoms with Crippen LogP contribution in [-0.2, 0) is 16.1 Å². The van der Waals surface area contributed by atoms with E-state index in [1.807, 2.05) is 30.3 Å². The number of amides is 4. The second-order valence-electron chi connectivity index (χ2n) is 6.20. The van der Waals surface area contributed by atoms with Gasteiger partial charge in [0.2, 0.25) is 11.8 Å². The van der Waals surface area contributed by atoms with Gasteiger partial charge in [0.15, 0.2) is 0 Å². The van der Waals surface area contributed by atoms with E-state index in [-0.39, 0.29) is 37.4 Å². The zero-order valence-corrected chi connectivity index (χ0v) is 14.6. The third-order valence-electron chi connectivity index (χ3n) is 4.18. The molecule has 0 spiro atoms. The summed E-state index contributed by atoms with van der Waals surface area (Å²) < 4.78 is 1.72. The maximum absolute atomic E-state index is 12.2. The van der Waals surface area contributed by atoms with Crippen molar-refractivity contribution in [2.75, 3.05) is 25.5 Å². The highest BCUT2D eigenvalue weighted by molar-refractivity contribution is 6.01.